The van der Waals surface area contributed by atoms with Crippen LogP contribution in [0.4, 0.5) is 0 Å². The van der Waals surface area contributed by atoms with Crippen LogP contribution >= 0.6 is 0 Å². The number of benzene rings is 1. The van der Waals surface area contributed by atoms with Crippen LogP contribution in [-0.4, -0.2) is 56.0 Å². The summed E-state index contributed by atoms with van der Waals surface area (Å²) in [5, 5.41) is 6.54. The van der Waals surface area contributed by atoms with E-state index in [2.05, 4.69) is 17.6 Å². The van der Waals surface area contributed by atoms with Crippen LogP contribution in [0.2, 0.25) is 0 Å². The van der Waals surface area contributed by atoms with Crippen LogP contribution in [0.3, 0.4) is 0 Å². The Labute approximate surface area is 217 Å². The van der Waals surface area contributed by atoms with E-state index in [0.29, 0.717) is 54.8 Å². The third-order valence-corrected chi connectivity index (χ3v) is 6.05. The minimum absolute atomic E-state index is 0.0686. The minimum atomic E-state index is -0.498. The van der Waals surface area contributed by atoms with Crippen molar-refractivity contribution in [3.63, 3.8) is 0 Å². The first-order valence-corrected chi connectivity index (χ1v) is 12.6. The van der Waals surface area contributed by atoms with Gasteiger partial charge in [0.2, 0.25) is 12.3 Å². The summed E-state index contributed by atoms with van der Waals surface area (Å²) in [7, 11) is 1.39. The molecule has 10 heteroatoms. The fraction of sp³-hybridized carbons (Fsp3) is 0.481. The van der Waals surface area contributed by atoms with Crippen LogP contribution in [0.15, 0.2) is 34.7 Å². The van der Waals surface area contributed by atoms with E-state index in [1.165, 1.54) is 13.2 Å². The van der Waals surface area contributed by atoms with Gasteiger partial charge < -0.3 is 19.8 Å². The number of nitrogens with zero attached hydrogens (tertiary/aromatic N) is 1. The number of carbonyl (C=O) groups excluding carboxylic acids is 4. The second-order valence-corrected chi connectivity index (χ2v) is 8.42. The zero-order chi connectivity index (χ0) is 27.2. The number of aldehydes is 1. The average molecular weight is 516 g/mol. The average Bonchev–Trinajstić information content (AvgIpc) is 3.41. The zero-order valence-electron chi connectivity index (χ0n) is 22.0. The predicted molar refractivity (Wildman–Crippen MR) is 138 cm³/mol. The molecule has 1 aromatic heterocycles. The van der Waals surface area contributed by atoms with Gasteiger partial charge in [-0.2, -0.15) is 0 Å². The van der Waals surface area contributed by atoms with E-state index in [0.717, 1.165) is 24.3 Å². The number of rotatable bonds is 17. The Hall–Kier alpha value is -3.66. The number of hydroxylamine groups is 2. The molecule has 0 aliphatic rings. The van der Waals surface area contributed by atoms with E-state index >= 15 is 0 Å². The van der Waals surface area contributed by atoms with Crippen molar-refractivity contribution in [1.29, 1.82) is 0 Å². The van der Waals surface area contributed by atoms with Crippen LogP contribution in [0.5, 0.6) is 5.75 Å². The first kappa shape index (κ1) is 29.6. The summed E-state index contributed by atoms with van der Waals surface area (Å²) >= 11 is 0. The van der Waals surface area contributed by atoms with E-state index in [1.54, 1.807) is 24.3 Å². The molecule has 1 heterocycles. The number of amides is 3. The highest BCUT2D eigenvalue weighted by Gasteiger charge is 2.31. The number of furan rings is 1. The van der Waals surface area contributed by atoms with Gasteiger partial charge in [0.25, 0.3) is 5.91 Å². The number of ether oxygens (including phenoxy) is 1. The van der Waals surface area contributed by atoms with E-state index in [4.69, 9.17) is 14.0 Å². The van der Waals surface area contributed by atoms with Gasteiger partial charge in [-0.05, 0) is 44.0 Å². The van der Waals surface area contributed by atoms with Crippen LogP contribution in [0.25, 0.3) is 11.3 Å². The molecule has 0 fully saturated rings. The van der Waals surface area contributed by atoms with Crippen LogP contribution < -0.4 is 15.4 Å². The van der Waals surface area contributed by atoms with Crippen molar-refractivity contribution >= 4 is 24.5 Å². The highest BCUT2D eigenvalue weighted by molar-refractivity contribution is 5.92. The lowest BCUT2D eigenvalue weighted by Gasteiger charge is -2.31. The molecular weight excluding hydrogens is 478 g/mol. The van der Waals surface area contributed by atoms with Crippen molar-refractivity contribution in [3.05, 3.63) is 41.7 Å². The van der Waals surface area contributed by atoms with E-state index in [9.17, 15) is 19.2 Å². The summed E-state index contributed by atoms with van der Waals surface area (Å²) in [5.74, 6) is -0.321. The van der Waals surface area contributed by atoms with Gasteiger partial charge in [-0.1, -0.05) is 39.2 Å². The molecule has 202 valence electrons. The molecule has 0 aliphatic carbocycles. The van der Waals surface area contributed by atoms with E-state index in [1.807, 2.05) is 13.8 Å². The maximum atomic E-state index is 13.0. The summed E-state index contributed by atoms with van der Waals surface area (Å²) in [6.45, 7) is 6.08. The van der Waals surface area contributed by atoms with Crippen LogP contribution in [-0.2, 0) is 14.4 Å². The molecule has 37 heavy (non-hydrogen) atoms. The molecule has 0 radical (unpaired) electrons. The van der Waals surface area contributed by atoms with Crippen molar-refractivity contribution < 1.29 is 33.2 Å². The number of carbonyl (C=O) groups is 4. The lowest BCUT2D eigenvalue weighted by molar-refractivity contribution is -0.181. The normalized spacial score (nSPS) is 12.3. The molecule has 2 N–H and O–H groups in total. The summed E-state index contributed by atoms with van der Waals surface area (Å²) < 4.78 is 11.2. The summed E-state index contributed by atoms with van der Waals surface area (Å²) in [4.78, 5) is 53.4. The molecule has 2 unspecified atom stereocenters. The quantitative estimate of drug-likeness (QED) is 0.141. The Morgan fingerprint density at radius 3 is 2.49 bits per heavy atom. The molecular formula is C27H37N3O7. The Bertz CT molecular complexity index is 1040. The highest BCUT2D eigenvalue weighted by Crippen LogP contribution is 2.28. The second kappa shape index (κ2) is 15.5. The standard InChI is InChI=1S/C27H37N3O7/c1-5-8-9-10-21(22(6-2)30(18-32)35-4)26(33)28-17-29-27(34)24-14-13-23(37-24)19-11-12-20(16-31)25(15-19)36-7-3/h11-16,18,21-22H,5-10,17H2,1-4H3,(H,28,33)(H,29,34). The molecule has 0 aliphatic heterocycles. The first-order valence-electron chi connectivity index (χ1n) is 12.6. The van der Waals surface area contributed by atoms with Gasteiger partial charge in [-0.25, -0.2) is 5.06 Å². The van der Waals surface area contributed by atoms with Crippen molar-refractivity contribution in [3.8, 4) is 17.1 Å². The Balaban J connectivity index is 2.03. The van der Waals surface area contributed by atoms with Crippen molar-refractivity contribution in [2.24, 2.45) is 5.92 Å². The molecule has 0 bridgehead atoms. The molecule has 0 saturated heterocycles. The summed E-state index contributed by atoms with van der Waals surface area (Å²) in [6.07, 6.45) is 5.23. The predicted octanol–water partition coefficient (Wildman–Crippen LogP) is 3.96. The molecule has 2 atom stereocenters. The molecule has 0 spiro atoms. The van der Waals surface area contributed by atoms with Crippen LogP contribution in [0, 0.1) is 5.92 Å². The second-order valence-electron chi connectivity index (χ2n) is 8.42. The molecule has 2 aromatic rings. The number of hydrogen-bond acceptors (Lipinski definition) is 7. The molecule has 3 amide bonds. The van der Waals surface area contributed by atoms with E-state index < -0.39 is 17.9 Å². The number of nitrogens with one attached hydrogen (secondary N) is 2. The SMILES string of the molecule is CCCCCC(C(=O)NCNC(=O)c1ccc(-c2ccc(C=O)c(OCC)c2)o1)C(CC)N(C=O)OC. The lowest BCUT2D eigenvalue weighted by atomic mass is 9.90. The number of hydrogen-bond donors (Lipinski definition) is 2. The highest BCUT2D eigenvalue weighted by atomic mass is 16.7. The van der Waals surface area contributed by atoms with Gasteiger partial charge in [0.1, 0.15) is 11.5 Å². The first-order chi connectivity index (χ1) is 17.9. The molecule has 2 rings (SSSR count). The van der Waals surface area contributed by atoms with Gasteiger partial charge >= 0.3 is 0 Å². The molecule has 10 nitrogen and oxygen atoms in total. The smallest absolute Gasteiger partial charge is 0.288 e. The van der Waals surface area contributed by atoms with Crippen molar-refractivity contribution in [1.82, 2.24) is 15.7 Å². The molecule has 0 saturated carbocycles. The summed E-state index contributed by atoms with van der Waals surface area (Å²) in [6, 6.07) is 7.77. The van der Waals surface area contributed by atoms with Crippen LogP contribution in [0.1, 0.15) is 73.8 Å². The van der Waals surface area contributed by atoms with Gasteiger partial charge in [0.15, 0.2) is 12.0 Å². The maximum absolute atomic E-state index is 13.0. The fourth-order valence-corrected chi connectivity index (χ4v) is 4.12. The Morgan fingerprint density at radius 1 is 1.08 bits per heavy atom. The van der Waals surface area contributed by atoms with Crippen molar-refractivity contribution in [2.75, 3.05) is 20.4 Å². The number of unbranched alkanes of at least 4 members (excludes halogenated alkanes) is 2. The maximum Gasteiger partial charge on any atom is 0.288 e. The Kier molecular flexibility index (Phi) is 12.3. The lowest BCUT2D eigenvalue weighted by Crippen LogP contribution is -2.48. The third kappa shape index (κ3) is 8.18. The monoisotopic (exact) mass is 515 g/mol. The minimum Gasteiger partial charge on any atom is -0.493 e. The van der Waals surface area contributed by atoms with Gasteiger partial charge in [-0.15, -0.1) is 0 Å². The van der Waals surface area contributed by atoms with Gasteiger partial charge in [0, 0.05) is 5.56 Å². The largest absolute Gasteiger partial charge is 0.493 e. The van der Waals surface area contributed by atoms with Gasteiger partial charge in [-0.3, -0.25) is 24.0 Å². The van der Waals surface area contributed by atoms with Crippen molar-refractivity contribution in [2.45, 2.75) is 58.9 Å². The Morgan fingerprint density at radius 2 is 1.86 bits per heavy atom. The third-order valence-electron chi connectivity index (χ3n) is 6.05. The molecule has 1 aromatic carbocycles. The summed E-state index contributed by atoms with van der Waals surface area (Å²) in [5.41, 5.74) is 1.07. The zero-order valence-corrected chi connectivity index (χ0v) is 22.0. The van der Waals surface area contributed by atoms with Gasteiger partial charge in [0.05, 0.1) is 37.9 Å². The topological polar surface area (TPSA) is 127 Å². The van der Waals surface area contributed by atoms with E-state index in [-0.39, 0.29) is 18.3 Å². The fourth-order valence-electron chi connectivity index (χ4n) is 4.12.